The largest absolute Gasteiger partial charge is 0.506 e. The van der Waals surface area contributed by atoms with E-state index < -0.39 is 5.97 Å². The number of ether oxygens (including phenoxy) is 2. The second kappa shape index (κ2) is 11.2. The molecule has 37 heavy (non-hydrogen) atoms. The van der Waals surface area contributed by atoms with Gasteiger partial charge in [-0.2, -0.15) is 0 Å². The Labute approximate surface area is 219 Å². The van der Waals surface area contributed by atoms with E-state index in [2.05, 4.69) is 35.3 Å². The van der Waals surface area contributed by atoms with Crippen LogP contribution in [-0.2, 0) is 16.1 Å². The van der Waals surface area contributed by atoms with Gasteiger partial charge in [-0.05, 0) is 53.6 Å². The molecule has 0 saturated carbocycles. The first-order valence-electron chi connectivity index (χ1n) is 12.0. The molecule has 0 fully saturated rings. The summed E-state index contributed by atoms with van der Waals surface area (Å²) >= 11 is 1.23. The zero-order chi connectivity index (χ0) is 25.6. The van der Waals surface area contributed by atoms with Crippen LogP contribution < -0.4 is 4.74 Å². The summed E-state index contributed by atoms with van der Waals surface area (Å²) in [6.07, 6.45) is 1.81. The number of thioether (sulfide) groups is 1. The summed E-state index contributed by atoms with van der Waals surface area (Å²) in [7, 11) is 0. The van der Waals surface area contributed by atoms with Crippen LogP contribution in [0.4, 0.5) is 5.69 Å². The third-order valence-corrected chi connectivity index (χ3v) is 6.79. The first-order valence-corrected chi connectivity index (χ1v) is 12.8. The molecule has 0 atom stereocenters. The maximum absolute atomic E-state index is 12.7. The van der Waals surface area contributed by atoms with Crippen LogP contribution in [-0.4, -0.2) is 22.7 Å². The Morgan fingerprint density at radius 2 is 1.65 bits per heavy atom. The molecule has 0 aromatic heterocycles. The number of hydrogen-bond acceptors (Lipinski definition) is 6. The van der Waals surface area contributed by atoms with Crippen molar-refractivity contribution in [3.63, 3.8) is 0 Å². The maximum atomic E-state index is 12.7. The normalized spacial score (nSPS) is 15.5. The number of para-hydroxylation sites is 2. The van der Waals surface area contributed by atoms with Gasteiger partial charge in [0, 0.05) is 5.56 Å². The fourth-order valence-corrected chi connectivity index (χ4v) is 5.00. The topological polar surface area (TPSA) is 68.1 Å². The van der Waals surface area contributed by atoms with Gasteiger partial charge in [0.05, 0.1) is 17.2 Å². The molecule has 4 aromatic carbocycles. The quantitative estimate of drug-likeness (QED) is 0.261. The lowest BCUT2D eigenvalue weighted by Crippen LogP contribution is -2.12. The molecule has 0 amide bonds. The second-order valence-electron chi connectivity index (χ2n) is 8.32. The minimum absolute atomic E-state index is 0.0662. The van der Waals surface area contributed by atoms with Gasteiger partial charge in [0.1, 0.15) is 28.7 Å². The van der Waals surface area contributed by atoms with Gasteiger partial charge < -0.3 is 14.6 Å². The van der Waals surface area contributed by atoms with E-state index in [1.54, 1.807) is 6.92 Å². The van der Waals surface area contributed by atoms with Gasteiger partial charge in [0.25, 0.3) is 0 Å². The Hall–Kier alpha value is -4.29. The summed E-state index contributed by atoms with van der Waals surface area (Å²) in [6.45, 7) is 2.32. The molecule has 1 N–H and O–H groups in total. The molecule has 6 heteroatoms. The Bertz CT molecular complexity index is 1540. The molecular weight excluding hydrogens is 482 g/mol. The number of benzene rings is 4. The number of fused-ring (bicyclic) bond motifs is 1. The number of nitrogens with zero attached hydrogens (tertiary/aromatic N) is 1. The van der Waals surface area contributed by atoms with Crippen LogP contribution in [0.1, 0.15) is 18.1 Å². The maximum Gasteiger partial charge on any atom is 0.344 e. The highest BCUT2D eigenvalue weighted by Crippen LogP contribution is 2.41. The number of aliphatic imine (C=N–C) groups is 1. The zero-order valence-electron chi connectivity index (χ0n) is 20.3. The van der Waals surface area contributed by atoms with Crippen molar-refractivity contribution in [3.8, 4) is 5.75 Å². The lowest BCUT2D eigenvalue weighted by molar-refractivity contribution is -0.138. The van der Waals surface area contributed by atoms with Crippen molar-refractivity contribution < 1.29 is 19.4 Å². The van der Waals surface area contributed by atoms with Gasteiger partial charge in [-0.25, -0.2) is 9.79 Å². The summed E-state index contributed by atoms with van der Waals surface area (Å²) in [5.41, 5.74) is 2.58. The Kier molecular flexibility index (Phi) is 7.38. The molecule has 4 aromatic rings. The first-order chi connectivity index (χ1) is 18.1. The third kappa shape index (κ3) is 5.60. The van der Waals surface area contributed by atoms with Crippen LogP contribution in [0.25, 0.3) is 16.8 Å². The van der Waals surface area contributed by atoms with E-state index in [-0.39, 0.29) is 17.9 Å². The van der Waals surface area contributed by atoms with Crippen LogP contribution >= 0.6 is 11.8 Å². The molecule has 0 saturated heterocycles. The highest BCUT2D eigenvalue weighted by Gasteiger charge is 2.33. The van der Waals surface area contributed by atoms with Crippen LogP contribution in [0.5, 0.6) is 5.75 Å². The Morgan fingerprint density at radius 1 is 0.919 bits per heavy atom. The SMILES string of the molecule is CCOC(=O)C1=C(O)/C(=C/c2ccccc2OCc2ccc3ccccc3c2)SC1=Nc1ccccc1. The molecule has 5 nitrogen and oxygen atoms in total. The van der Waals surface area contributed by atoms with Gasteiger partial charge in [0.15, 0.2) is 0 Å². The number of aliphatic hydroxyl groups is 1. The standard InChI is InChI=1S/C31H25NO4S/c1-2-35-31(34)28-29(33)27(37-30(28)32-25-13-4-3-5-14-25)19-24-12-8-9-15-26(24)36-20-21-16-17-22-10-6-7-11-23(22)18-21/h3-19,33H,2,20H2,1H3/b27-19-,32-30?. The first kappa shape index (κ1) is 24.4. The van der Waals surface area contributed by atoms with Crippen molar-refractivity contribution in [1.29, 1.82) is 0 Å². The molecular formula is C31H25NO4S. The van der Waals surface area contributed by atoms with Crippen molar-refractivity contribution in [1.82, 2.24) is 0 Å². The molecule has 0 unspecified atom stereocenters. The predicted molar refractivity (Wildman–Crippen MR) is 150 cm³/mol. The number of aliphatic hydroxyl groups excluding tert-OH is 1. The number of carbonyl (C=O) groups is 1. The molecule has 184 valence electrons. The van der Waals surface area contributed by atoms with E-state index in [1.165, 1.54) is 17.1 Å². The van der Waals surface area contributed by atoms with Crippen LogP contribution in [0.15, 0.2) is 118 Å². The average molecular weight is 508 g/mol. The number of carbonyl (C=O) groups excluding carboxylic acids is 1. The molecule has 0 aliphatic carbocycles. The molecule has 1 aliphatic heterocycles. The van der Waals surface area contributed by atoms with Gasteiger partial charge >= 0.3 is 5.97 Å². The van der Waals surface area contributed by atoms with E-state index in [9.17, 15) is 9.90 Å². The molecule has 1 aliphatic rings. The summed E-state index contributed by atoms with van der Waals surface area (Å²) in [5, 5.41) is 13.8. The van der Waals surface area contributed by atoms with Gasteiger partial charge in [0.2, 0.25) is 0 Å². The lowest BCUT2D eigenvalue weighted by Gasteiger charge is -2.10. The summed E-state index contributed by atoms with van der Waals surface area (Å²) in [4.78, 5) is 17.8. The predicted octanol–water partition coefficient (Wildman–Crippen LogP) is 7.61. The summed E-state index contributed by atoms with van der Waals surface area (Å²) < 4.78 is 11.4. The number of hydrogen-bond donors (Lipinski definition) is 1. The fourth-order valence-electron chi connectivity index (χ4n) is 3.97. The van der Waals surface area contributed by atoms with E-state index >= 15 is 0 Å². The average Bonchev–Trinajstić information content (AvgIpc) is 3.22. The number of rotatable bonds is 7. The fraction of sp³-hybridized carbons (Fsp3) is 0.0968. The van der Waals surface area contributed by atoms with Gasteiger partial charge in [-0.15, -0.1) is 0 Å². The lowest BCUT2D eigenvalue weighted by atomic mass is 10.1. The molecule has 0 spiro atoms. The van der Waals surface area contributed by atoms with Crippen LogP contribution in [0.2, 0.25) is 0 Å². The highest BCUT2D eigenvalue weighted by molar-refractivity contribution is 8.18. The monoisotopic (exact) mass is 507 g/mol. The number of esters is 1. The van der Waals surface area contributed by atoms with Gasteiger partial charge in [-0.1, -0.05) is 84.6 Å². The van der Waals surface area contributed by atoms with Crippen molar-refractivity contribution in [3.05, 3.63) is 124 Å². The van der Waals surface area contributed by atoms with E-state index in [0.717, 1.165) is 16.5 Å². The second-order valence-corrected chi connectivity index (χ2v) is 9.35. The molecule has 0 bridgehead atoms. The van der Waals surface area contributed by atoms with Crippen molar-refractivity contribution in [2.45, 2.75) is 13.5 Å². The van der Waals surface area contributed by atoms with Crippen molar-refractivity contribution >= 4 is 45.3 Å². The summed E-state index contributed by atoms with van der Waals surface area (Å²) in [5.74, 6) is -0.0865. The smallest absolute Gasteiger partial charge is 0.344 e. The Balaban J connectivity index is 1.44. The van der Waals surface area contributed by atoms with E-state index in [1.807, 2.05) is 72.8 Å². The zero-order valence-corrected chi connectivity index (χ0v) is 21.1. The third-order valence-electron chi connectivity index (χ3n) is 5.77. The minimum atomic E-state index is -0.605. The van der Waals surface area contributed by atoms with Crippen LogP contribution in [0, 0.1) is 0 Å². The summed E-state index contributed by atoms with van der Waals surface area (Å²) in [6, 6.07) is 31.4. The molecule has 1 heterocycles. The highest BCUT2D eigenvalue weighted by atomic mass is 32.2. The Morgan fingerprint density at radius 3 is 2.46 bits per heavy atom. The van der Waals surface area contributed by atoms with Gasteiger partial charge in [-0.3, -0.25) is 0 Å². The molecule has 5 rings (SSSR count). The van der Waals surface area contributed by atoms with Crippen LogP contribution in [0.3, 0.4) is 0 Å². The molecule has 0 radical (unpaired) electrons. The minimum Gasteiger partial charge on any atom is -0.506 e. The van der Waals surface area contributed by atoms with Crippen molar-refractivity contribution in [2.24, 2.45) is 4.99 Å². The van der Waals surface area contributed by atoms with E-state index in [4.69, 9.17) is 9.47 Å². The van der Waals surface area contributed by atoms with Crippen molar-refractivity contribution in [2.75, 3.05) is 6.61 Å². The van der Waals surface area contributed by atoms with E-state index in [0.29, 0.717) is 28.0 Å².